The van der Waals surface area contributed by atoms with Gasteiger partial charge in [-0.3, -0.25) is 4.79 Å². The maximum absolute atomic E-state index is 12.7. The zero-order chi connectivity index (χ0) is 23.3. The van der Waals surface area contributed by atoms with Crippen LogP contribution in [0, 0.1) is 0 Å². The second-order valence-electron chi connectivity index (χ2n) is 6.67. The number of aromatic nitrogens is 5. The number of hydrogen-bond acceptors (Lipinski definition) is 12. The highest BCUT2D eigenvalue weighted by molar-refractivity contribution is 5.94. The van der Waals surface area contributed by atoms with Gasteiger partial charge in [-0.05, 0) is 36.5 Å². The molecule has 0 bridgehead atoms. The van der Waals surface area contributed by atoms with Crippen molar-refractivity contribution < 1.29 is 23.6 Å². The van der Waals surface area contributed by atoms with E-state index < -0.39 is 5.91 Å². The van der Waals surface area contributed by atoms with E-state index in [9.17, 15) is 4.79 Å². The lowest BCUT2D eigenvalue weighted by atomic mass is 10.2. The second-order valence-corrected chi connectivity index (χ2v) is 6.67. The summed E-state index contributed by atoms with van der Waals surface area (Å²) in [5.41, 5.74) is 9.26. The number of nitrogens with two attached hydrogens (primary N) is 1. The van der Waals surface area contributed by atoms with Gasteiger partial charge in [0.15, 0.2) is 17.2 Å². The summed E-state index contributed by atoms with van der Waals surface area (Å²) in [6.07, 6.45) is 1.43. The number of nitrogens with zero attached hydrogens (tertiary/aromatic N) is 7. The summed E-state index contributed by atoms with van der Waals surface area (Å²) in [7, 11) is 8.17. The van der Waals surface area contributed by atoms with E-state index in [1.54, 1.807) is 12.1 Å². The van der Waals surface area contributed by atoms with Crippen molar-refractivity contribution in [2.45, 2.75) is 6.54 Å². The first-order valence-corrected chi connectivity index (χ1v) is 9.20. The quantitative estimate of drug-likeness (QED) is 0.338. The number of ether oxygens (including phenoxy) is 3. The molecule has 0 fully saturated rings. The highest BCUT2D eigenvalue weighted by Gasteiger charge is 2.24. The van der Waals surface area contributed by atoms with Crippen LogP contribution in [0.3, 0.4) is 0 Å². The Morgan fingerprint density at radius 1 is 1.22 bits per heavy atom. The molecule has 2 aromatic heterocycles. The highest BCUT2D eigenvalue weighted by Crippen LogP contribution is 2.37. The highest BCUT2D eigenvalue weighted by atomic mass is 16.6. The number of amides is 1. The van der Waals surface area contributed by atoms with E-state index in [0.717, 1.165) is 0 Å². The minimum atomic E-state index is -0.577. The topological polar surface area (TPSA) is 168 Å². The molecule has 3 N–H and O–H groups in total. The van der Waals surface area contributed by atoms with Crippen molar-refractivity contribution in [1.82, 2.24) is 35.6 Å². The van der Waals surface area contributed by atoms with Crippen LogP contribution in [-0.2, 0) is 6.54 Å². The monoisotopic (exact) mass is 445 g/mol. The van der Waals surface area contributed by atoms with Gasteiger partial charge in [0.05, 0.1) is 33.2 Å². The summed E-state index contributed by atoms with van der Waals surface area (Å²) in [5.74, 6) is 0.926. The fourth-order valence-electron chi connectivity index (χ4n) is 2.82. The Bertz CT molecular complexity index is 1100. The molecule has 0 saturated carbocycles. The minimum Gasteiger partial charge on any atom is -0.493 e. The van der Waals surface area contributed by atoms with Gasteiger partial charge in [-0.1, -0.05) is 5.21 Å². The van der Waals surface area contributed by atoms with Crippen LogP contribution in [0.25, 0.3) is 5.82 Å². The molecule has 2 heterocycles. The number of benzene rings is 1. The van der Waals surface area contributed by atoms with Crippen LogP contribution in [0.2, 0.25) is 0 Å². The average molecular weight is 445 g/mol. The third kappa shape index (κ3) is 4.59. The number of hydrazone groups is 1. The summed E-state index contributed by atoms with van der Waals surface area (Å²) in [4.78, 5) is 14.6. The number of hydrogen-bond donors (Lipinski definition) is 2. The third-order valence-electron chi connectivity index (χ3n) is 4.21. The first-order chi connectivity index (χ1) is 15.4. The predicted molar refractivity (Wildman–Crippen MR) is 112 cm³/mol. The molecule has 0 saturated heterocycles. The molecule has 3 rings (SSSR count). The van der Waals surface area contributed by atoms with Gasteiger partial charge in [0.1, 0.15) is 0 Å². The fourth-order valence-corrected chi connectivity index (χ4v) is 2.82. The van der Waals surface area contributed by atoms with Gasteiger partial charge in [-0.2, -0.15) is 9.78 Å². The molecule has 1 aromatic carbocycles. The van der Waals surface area contributed by atoms with Crippen molar-refractivity contribution in [3.05, 3.63) is 29.1 Å². The number of nitrogens with one attached hydrogen (secondary N) is 1. The summed E-state index contributed by atoms with van der Waals surface area (Å²) >= 11 is 0. The van der Waals surface area contributed by atoms with Crippen molar-refractivity contribution >= 4 is 17.9 Å². The van der Waals surface area contributed by atoms with E-state index in [2.05, 4.69) is 35.8 Å². The summed E-state index contributed by atoms with van der Waals surface area (Å²) in [6.45, 7) is 0.318. The Hall–Kier alpha value is -4.20. The number of carbonyl (C=O) groups is 1. The molecule has 0 atom stereocenters. The van der Waals surface area contributed by atoms with Gasteiger partial charge in [0, 0.05) is 12.1 Å². The van der Waals surface area contributed by atoms with Crippen LogP contribution < -0.4 is 25.4 Å². The fraction of sp³-hybridized carbons (Fsp3) is 0.333. The van der Waals surface area contributed by atoms with Gasteiger partial charge >= 0.3 is 0 Å². The van der Waals surface area contributed by atoms with Crippen molar-refractivity contribution in [3.63, 3.8) is 0 Å². The molecular formula is C18H23N9O5. The molecule has 0 aliphatic carbocycles. The van der Waals surface area contributed by atoms with E-state index in [4.69, 9.17) is 19.9 Å². The largest absolute Gasteiger partial charge is 0.493 e. The summed E-state index contributed by atoms with van der Waals surface area (Å²) < 4.78 is 21.8. The van der Waals surface area contributed by atoms with Crippen LogP contribution >= 0.6 is 0 Å². The molecular weight excluding hydrogens is 422 g/mol. The van der Waals surface area contributed by atoms with E-state index in [1.807, 2.05) is 19.0 Å². The number of anilines is 1. The summed E-state index contributed by atoms with van der Waals surface area (Å²) in [6, 6.07) is 3.37. The lowest BCUT2D eigenvalue weighted by molar-refractivity contribution is 0.0948. The van der Waals surface area contributed by atoms with E-state index in [-0.39, 0.29) is 17.3 Å². The van der Waals surface area contributed by atoms with Crippen LogP contribution in [0.1, 0.15) is 21.7 Å². The van der Waals surface area contributed by atoms with Gasteiger partial charge in [0.2, 0.25) is 17.4 Å². The number of rotatable bonds is 9. The van der Waals surface area contributed by atoms with E-state index in [0.29, 0.717) is 35.1 Å². The standard InChI is InChI=1S/C18H23N9O5/c1-26(2)9-11-14(21-25-27(11)17-16(19)23-32-24-17)18(28)22-20-8-10-6-12(29-3)15(31-5)13(7-10)30-4/h6-8H,9H2,1-5H3,(H2,19,23)(H,22,28). The first-order valence-electron chi connectivity index (χ1n) is 9.20. The minimum absolute atomic E-state index is 0.0160. The molecule has 0 aliphatic heterocycles. The number of carbonyl (C=O) groups excluding carboxylic acids is 1. The molecule has 32 heavy (non-hydrogen) atoms. The molecule has 1 amide bonds. The van der Waals surface area contributed by atoms with Crippen molar-refractivity contribution in [2.75, 3.05) is 41.2 Å². The molecule has 0 radical (unpaired) electrons. The predicted octanol–water partition coefficient (Wildman–Crippen LogP) is 0.0838. The average Bonchev–Trinajstić information content (AvgIpc) is 3.37. The normalized spacial score (nSPS) is 11.2. The molecule has 0 aliphatic rings. The number of methoxy groups -OCH3 is 3. The third-order valence-corrected chi connectivity index (χ3v) is 4.21. The maximum Gasteiger partial charge on any atom is 0.293 e. The van der Waals surface area contributed by atoms with Gasteiger partial charge < -0.3 is 24.8 Å². The van der Waals surface area contributed by atoms with Crippen LogP contribution in [0.4, 0.5) is 5.82 Å². The molecule has 14 heteroatoms. The van der Waals surface area contributed by atoms with Crippen molar-refractivity contribution in [3.8, 4) is 23.1 Å². The molecule has 14 nitrogen and oxygen atoms in total. The lowest BCUT2D eigenvalue weighted by Crippen LogP contribution is -2.23. The number of nitrogen functional groups attached to an aromatic ring is 1. The first kappa shape index (κ1) is 22.5. The zero-order valence-corrected chi connectivity index (χ0v) is 18.2. The van der Waals surface area contributed by atoms with Crippen molar-refractivity contribution in [1.29, 1.82) is 0 Å². The smallest absolute Gasteiger partial charge is 0.293 e. The van der Waals surface area contributed by atoms with Crippen LogP contribution in [0.5, 0.6) is 17.2 Å². The summed E-state index contributed by atoms with van der Waals surface area (Å²) in [5, 5.41) is 19.1. The Kier molecular flexibility index (Phi) is 6.84. The Balaban J connectivity index is 1.84. The van der Waals surface area contributed by atoms with E-state index in [1.165, 1.54) is 32.2 Å². The lowest BCUT2D eigenvalue weighted by Gasteiger charge is -2.12. The second kappa shape index (κ2) is 9.74. The Morgan fingerprint density at radius 3 is 2.44 bits per heavy atom. The van der Waals surface area contributed by atoms with Crippen molar-refractivity contribution in [2.24, 2.45) is 5.10 Å². The van der Waals surface area contributed by atoms with Gasteiger partial charge in [0.25, 0.3) is 5.91 Å². The molecule has 0 spiro atoms. The van der Waals surface area contributed by atoms with Crippen LogP contribution in [-0.4, -0.2) is 77.8 Å². The van der Waals surface area contributed by atoms with Gasteiger partial charge in [-0.25, -0.2) is 10.1 Å². The van der Waals surface area contributed by atoms with E-state index >= 15 is 0 Å². The zero-order valence-electron chi connectivity index (χ0n) is 18.2. The Labute approximate surface area is 182 Å². The maximum atomic E-state index is 12.7. The molecule has 3 aromatic rings. The molecule has 0 unspecified atom stereocenters. The van der Waals surface area contributed by atoms with Gasteiger partial charge in [-0.15, -0.1) is 5.10 Å². The Morgan fingerprint density at radius 2 is 1.91 bits per heavy atom. The SMILES string of the molecule is COc1cc(C=NNC(=O)c2nnn(-c3nonc3N)c2CN(C)C)cc(OC)c1OC. The van der Waals surface area contributed by atoms with Crippen LogP contribution in [0.15, 0.2) is 21.9 Å². The molecule has 170 valence electrons.